The van der Waals surface area contributed by atoms with Crippen LogP contribution >= 0.6 is 31.0 Å². The van der Waals surface area contributed by atoms with Crippen LogP contribution in [0.1, 0.15) is 31.7 Å². The number of ether oxygens (including phenoxy) is 1. The van der Waals surface area contributed by atoms with Gasteiger partial charge in [0.05, 0.1) is 22.3 Å². The molecular weight excluding hydrogens is 564 g/mol. The van der Waals surface area contributed by atoms with E-state index in [1.54, 1.807) is 24.9 Å². The van der Waals surface area contributed by atoms with E-state index in [9.17, 15) is 14.3 Å². The molecule has 9 nitrogen and oxygen atoms in total. The summed E-state index contributed by atoms with van der Waals surface area (Å²) in [5.41, 5.74) is 2.66. The maximum Gasteiger partial charge on any atom is 0.473 e. The van der Waals surface area contributed by atoms with Crippen molar-refractivity contribution < 1.29 is 28.0 Å². The first-order valence-corrected chi connectivity index (χ1v) is 15.3. The van der Waals surface area contributed by atoms with E-state index in [0.717, 1.165) is 75.9 Å². The first-order valence-electron chi connectivity index (χ1n) is 13.1. The highest BCUT2D eigenvalue weighted by Crippen LogP contribution is 2.44. The van der Waals surface area contributed by atoms with Crippen molar-refractivity contribution in [3.8, 4) is 5.75 Å². The number of halogens is 2. The number of carbonyl (C=O) groups is 1. The summed E-state index contributed by atoms with van der Waals surface area (Å²) in [6.45, 7) is 6.95. The molecule has 39 heavy (non-hydrogen) atoms. The van der Waals surface area contributed by atoms with Gasteiger partial charge in [0.2, 0.25) is 0 Å². The molecule has 12 heteroatoms. The molecular formula is C27H38Cl2N3O6P. The van der Waals surface area contributed by atoms with Crippen LogP contribution in [0.25, 0.3) is 0 Å². The summed E-state index contributed by atoms with van der Waals surface area (Å²) in [5.74, 6) is 0.685. The van der Waals surface area contributed by atoms with E-state index >= 15 is 0 Å². The zero-order chi connectivity index (χ0) is 28.4. The summed E-state index contributed by atoms with van der Waals surface area (Å²) in [7, 11) is -1.29. The first kappa shape index (κ1) is 31.7. The van der Waals surface area contributed by atoms with Crippen LogP contribution in [0.2, 0.25) is 10.0 Å². The van der Waals surface area contributed by atoms with E-state index in [1.165, 1.54) is 0 Å². The highest BCUT2D eigenvalue weighted by atomic mass is 35.5. The first-order chi connectivity index (χ1) is 18.6. The van der Waals surface area contributed by atoms with Crippen molar-refractivity contribution in [2.45, 2.75) is 38.8 Å². The Morgan fingerprint density at radius 2 is 1.90 bits per heavy atom. The largest absolute Gasteiger partial charge is 0.494 e. The molecule has 1 heterocycles. The SMILES string of the molecule is COP(=O)(O)OC(C)N(C)c1cc(OCCCCN2CCN(c3cccc(Cl)c3Cl)CC2)ccc1CCC=O. The summed E-state index contributed by atoms with van der Waals surface area (Å²) < 4.78 is 27.6. The van der Waals surface area contributed by atoms with Crippen LogP contribution in [-0.2, 0) is 24.8 Å². The molecule has 0 spiro atoms. The van der Waals surface area contributed by atoms with Crippen LogP contribution in [0.4, 0.5) is 11.4 Å². The van der Waals surface area contributed by atoms with Gasteiger partial charge < -0.3 is 24.2 Å². The van der Waals surface area contributed by atoms with Crippen LogP contribution in [0.5, 0.6) is 5.75 Å². The summed E-state index contributed by atoms with van der Waals surface area (Å²) in [6.07, 6.45) is 2.94. The van der Waals surface area contributed by atoms with Crippen LogP contribution in [0, 0.1) is 0 Å². The van der Waals surface area contributed by atoms with Crippen molar-refractivity contribution in [1.82, 2.24) is 4.90 Å². The summed E-state index contributed by atoms with van der Waals surface area (Å²) in [6, 6.07) is 11.4. The van der Waals surface area contributed by atoms with Gasteiger partial charge in [-0.15, -0.1) is 0 Å². The van der Waals surface area contributed by atoms with Crippen LogP contribution in [-0.4, -0.2) is 75.8 Å². The fraction of sp³-hybridized carbons (Fsp3) is 0.519. The molecule has 216 valence electrons. The Morgan fingerprint density at radius 3 is 2.59 bits per heavy atom. The lowest BCUT2D eigenvalue weighted by atomic mass is 10.1. The fourth-order valence-corrected chi connectivity index (χ4v) is 5.49. The quantitative estimate of drug-likeness (QED) is 0.120. The molecule has 0 bridgehead atoms. The summed E-state index contributed by atoms with van der Waals surface area (Å²) in [4.78, 5) is 27.1. The minimum atomic E-state index is -4.16. The number of rotatable bonds is 15. The zero-order valence-corrected chi connectivity index (χ0v) is 25.1. The molecule has 3 rings (SSSR count). The molecule has 1 saturated heterocycles. The molecule has 1 fully saturated rings. The number of nitrogens with zero attached hydrogens (tertiary/aromatic N) is 3. The van der Waals surface area contributed by atoms with Gasteiger partial charge in [0.1, 0.15) is 18.3 Å². The van der Waals surface area contributed by atoms with Crippen LogP contribution in [0.15, 0.2) is 36.4 Å². The number of phosphoric ester groups is 1. The van der Waals surface area contributed by atoms with Crippen molar-refractivity contribution in [3.05, 3.63) is 52.0 Å². The third-order valence-electron chi connectivity index (χ3n) is 6.81. The van der Waals surface area contributed by atoms with Gasteiger partial charge >= 0.3 is 7.82 Å². The lowest BCUT2D eigenvalue weighted by Crippen LogP contribution is -2.46. The molecule has 2 aromatic rings. The minimum absolute atomic E-state index is 0.368. The average Bonchev–Trinajstić information content (AvgIpc) is 2.93. The normalized spacial score (nSPS) is 16.5. The zero-order valence-electron chi connectivity index (χ0n) is 22.7. The van der Waals surface area contributed by atoms with Crippen LogP contribution < -0.4 is 14.5 Å². The van der Waals surface area contributed by atoms with E-state index < -0.39 is 14.1 Å². The predicted octanol–water partition coefficient (Wildman–Crippen LogP) is 5.65. The second kappa shape index (κ2) is 15.2. The summed E-state index contributed by atoms with van der Waals surface area (Å²) >= 11 is 12.6. The number of hydrogen-bond acceptors (Lipinski definition) is 8. The van der Waals surface area contributed by atoms with Crippen molar-refractivity contribution >= 4 is 48.7 Å². The Hall–Kier alpha value is -1.84. The average molecular weight is 602 g/mol. The fourth-order valence-electron chi connectivity index (χ4n) is 4.47. The molecule has 1 aliphatic rings. The lowest BCUT2D eigenvalue weighted by molar-refractivity contribution is -0.107. The molecule has 0 amide bonds. The van der Waals surface area contributed by atoms with Gasteiger partial charge in [0.15, 0.2) is 0 Å². The number of anilines is 2. The Morgan fingerprint density at radius 1 is 1.15 bits per heavy atom. The number of aldehydes is 1. The number of carbonyl (C=O) groups excluding carboxylic acids is 1. The molecule has 1 aliphatic heterocycles. The number of hydrogen-bond donors (Lipinski definition) is 1. The molecule has 1 N–H and O–H groups in total. The van der Waals surface area contributed by atoms with Crippen molar-refractivity contribution in [3.63, 3.8) is 0 Å². The van der Waals surface area contributed by atoms with Crippen molar-refractivity contribution in [2.24, 2.45) is 0 Å². The lowest BCUT2D eigenvalue weighted by Gasteiger charge is -2.36. The number of piperazine rings is 1. The van der Waals surface area contributed by atoms with E-state index in [0.29, 0.717) is 35.2 Å². The van der Waals surface area contributed by atoms with E-state index in [-0.39, 0.29) is 0 Å². The Bertz CT molecular complexity index is 1130. The standard InChI is InChI=1S/C27H38Cl2N3O6P/c1-21(38-39(34,35)36-3)30(2)26-20-23(12-11-22(26)8-7-18-33)37-19-5-4-13-31-14-16-32(17-15-31)25-10-6-9-24(28)27(25)29/h6,9-12,18,20-21H,4-5,7-8,13-17,19H2,1-3H3,(H,34,35). The third-order valence-corrected chi connectivity index (χ3v) is 8.65. The Labute approximate surface area is 241 Å². The monoisotopic (exact) mass is 601 g/mol. The smallest absolute Gasteiger partial charge is 0.473 e. The van der Waals surface area contributed by atoms with Gasteiger partial charge in [-0.2, -0.15) is 0 Å². The van der Waals surface area contributed by atoms with Gasteiger partial charge in [-0.1, -0.05) is 35.3 Å². The molecule has 2 unspecified atom stereocenters. The molecule has 2 atom stereocenters. The maximum atomic E-state index is 11.9. The Kier molecular flexibility index (Phi) is 12.4. The second-order valence-corrected chi connectivity index (χ2v) is 11.7. The topological polar surface area (TPSA) is 91.8 Å². The van der Waals surface area contributed by atoms with E-state index in [2.05, 4.69) is 14.3 Å². The number of phosphoric acid groups is 1. The number of unbranched alkanes of at least 4 members (excludes halogenated alkanes) is 1. The highest BCUT2D eigenvalue weighted by Gasteiger charge is 2.26. The van der Waals surface area contributed by atoms with Crippen molar-refractivity contribution in [1.29, 1.82) is 0 Å². The van der Waals surface area contributed by atoms with Gasteiger partial charge in [0.25, 0.3) is 0 Å². The van der Waals surface area contributed by atoms with Gasteiger partial charge in [0, 0.05) is 58.5 Å². The predicted molar refractivity (Wildman–Crippen MR) is 156 cm³/mol. The molecule has 0 aromatic heterocycles. The summed E-state index contributed by atoms with van der Waals surface area (Å²) in [5, 5.41) is 1.19. The van der Waals surface area contributed by atoms with Crippen LogP contribution in [0.3, 0.4) is 0 Å². The van der Waals surface area contributed by atoms with Gasteiger partial charge in [-0.05, 0) is 56.5 Å². The number of benzene rings is 2. The Balaban J connectivity index is 1.48. The maximum absolute atomic E-state index is 11.9. The molecule has 0 radical (unpaired) electrons. The minimum Gasteiger partial charge on any atom is -0.494 e. The van der Waals surface area contributed by atoms with Crippen molar-refractivity contribution in [2.75, 3.05) is 63.3 Å². The molecule has 2 aromatic carbocycles. The van der Waals surface area contributed by atoms with Gasteiger partial charge in [-0.3, -0.25) is 13.9 Å². The number of aryl methyl sites for hydroxylation is 1. The highest BCUT2D eigenvalue weighted by molar-refractivity contribution is 7.47. The van der Waals surface area contributed by atoms with E-state index in [4.69, 9.17) is 32.5 Å². The molecule has 0 saturated carbocycles. The van der Waals surface area contributed by atoms with Gasteiger partial charge in [-0.25, -0.2) is 4.57 Å². The third kappa shape index (κ3) is 9.35. The second-order valence-electron chi connectivity index (χ2n) is 9.42. The van der Waals surface area contributed by atoms with E-state index in [1.807, 2.05) is 30.3 Å². The molecule has 0 aliphatic carbocycles.